The molecule has 0 aliphatic heterocycles. The second kappa shape index (κ2) is 9.39. The molecule has 4 aromatic rings. The Morgan fingerprint density at radius 1 is 0.900 bits per heavy atom. The van der Waals surface area contributed by atoms with E-state index in [1.807, 2.05) is 70.7 Å². The van der Waals surface area contributed by atoms with Gasteiger partial charge in [0, 0.05) is 22.8 Å². The number of hydrogen-bond acceptors (Lipinski definition) is 4. The Hall–Kier alpha value is -2.73. The second-order valence-corrected chi connectivity index (χ2v) is 8.93. The first-order valence-electron chi connectivity index (χ1n) is 9.82. The summed E-state index contributed by atoms with van der Waals surface area (Å²) in [6.45, 7) is 0.138. The van der Waals surface area contributed by atoms with Crippen LogP contribution in [0.25, 0.3) is 0 Å². The molecule has 30 heavy (non-hydrogen) atoms. The van der Waals surface area contributed by atoms with Gasteiger partial charge in [0.15, 0.2) is 0 Å². The van der Waals surface area contributed by atoms with Gasteiger partial charge in [0.25, 0.3) is 0 Å². The van der Waals surface area contributed by atoms with Crippen LogP contribution in [0.2, 0.25) is 0 Å². The van der Waals surface area contributed by atoms with Crippen LogP contribution in [0.15, 0.2) is 95.0 Å². The minimum absolute atomic E-state index is 0.0385. The summed E-state index contributed by atoms with van der Waals surface area (Å²) in [4.78, 5) is 13.8. The number of benzene rings is 2. The van der Waals surface area contributed by atoms with Crippen LogP contribution in [0.5, 0.6) is 0 Å². The molecule has 0 bridgehead atoms. The summed E-state index contributed by atoms with van der Waals surface area (Å²) in [5.74, 6) is -0.124. The quantitative estimate of drug-likeness (QED) is 0.392. The van der Waals surface area contributed by atoms with Gasteiger partial charge in [-0.15, -0.1) is 11.3 Å². The Morgan fingerprint density at radius 2 is 1.57 bits per heavy atom. The Labute approximate surface area is 184 Å². The van der Waals surface area contributed by atoms with E-state index in [0.29, 0.717) is 6.42 Å². The van der Waals surface area contributed by atoms with Gasteiger partial charge in [-0.3, -0.25) is 4.79 Å². The second-order valence-electron chi connectivity index (χ2n) is 7.20. The molecule has 0 spiro atoms. The fraction of sp³-hybridized carbons (Fsp3) is 0.160. The zero-order chi connectivity index (χ0) is 20.8. The van der Waals surface area contributed by atoms with Crippen LogP contribution in [0.4, 0.5) is 0 Å². The topological polar surface area (TPSA) is 49.3 Å². The van der Waals surface area contributed by atoms with Gasteiger partial charge in [-0.1, -0.05) is 66.7 Å². The molecule has 0 fully saturated rings. The average Bonchev–Trinajstić information content (AvgIpc) is 3.52. The third-order valence-corrected chi connectivity index (χ3v) is 6.97. The molecule has 2 N–H and O–H groups in total. The Kier molecular flexibility index (Phi) is 6.43. The van der Waals surface area contributed by atoms with Crippen LogP contribution in [0.3, 0.4) is 0 Å². The molecule has 1 unspecified atom stereocenters. The third-order valence-electron chi connectivity index (χ3n) is 5.26. The molecule has 2 heterocycles. The maximum absolute atomic E-state index is 13.0. The van der Waals surface area contributed by atoms with Crippen LogP contribution >= 0.6 is 22.7 Å². The molecule has 3 nitrogen and oxygen atoms in total. The standard InChI is InChI=1S/C25H23NO2S2/c27-24(16-22(19-8-3-1-4-9-19)20-10-5-2-6-11-20)26-18-25(28,21-13-15-29-17-21)23-12-7-14-30-23/h1-15,17,22,28H,16,18H2,(H,26,27). The molecule has 0 saturated carbocycles. The molecule has 2 aromatic heterocycles. The number of carbonyl (C=O) groups excluding carboxylic acids is 1. The summed E-state index contributed by atoms with van der Waals surface area (Å²) in [6.07, 6.45) is 0.318. The normalized spacial score (nSPS) is 13.1. The van der Waals surface area contributed by atoms with Crippen LogP contribution < -0.4 is 5.32 Å². The molecule has 0 saturated heterocycles. The SMILES string of the molecule is O=C(CC(c1ccccc1)c1ccccc1)NCC(O)(c1ccsc1)c1cccs1. The Balaban J connectivity index is 1.52. The highest BCUT2D eigenvalue weighted by Gasteiger charge is 2.34. The summed E-state index contributed by atoms with van der Waals surface area (Å²) in [7, 11) is 0. The first kappa shape index (κ1) is 20.5. The Bertz CT molecular complexity index is 972. The van der Waals surface area contributed by atoms with Gasteiger partial charge in [0.2, 0.25) is 5.91 Å². The first-order chi connectivity index (χ1) is 14.7. The zero-order valence-electron chi connectivity index (χ0n) is 16.4. The summed E-state index contributed by atoms with van der Waals surface area (Å²) in [5.41, 5.74) is 1.78. The predicted octanol–water partition coefficient (Wildman–Crippen LogP) is 5.38. The van der Waals surface area contributed by atoms with Gasteiger partial charge < -0.3 is 10.4 Å². The van der Waals surface area contributed by atoms with E-state index in [4.69, 9.17) is 0 Å². The van der Waals surface area contributed by atoms with Gasteiger partial charge in [-0.25, -0.2) is 0 Å². The first-order valence-corrected chi connectivity index (χ1v) is 11.6. The molecule has 0 aliphatic rings. The summed E-state index contributed by atoms with van der Waals surface area (Å²) in [5, 5.41) is 20.3. The van der Waals surface area contributed by atoms with Crippen molar-refractivity contribution in [2.24, 2.45) is 0 Å². The van der Waals surface area contributed by atoms with Gasteiger partial charge in [-0.05, 0) is 39.4 Å². The highest BCUT2D eigenvalue weighted by atomic mass is 32.1. The lowest BCUT2D eigenvalue weighted by atomic mass is 9.88. The van der Waals surface area contributed by atoms with E-state index < -0.39 is 5.60 Å². The number of amides is 1. The molecule has 1 atom stereocenters. The lowest BCUT2D eigenvalue weighted by Gasteiger charge is -2.27. The van der Waals surface area contributed by atoms with Crippen LogP contribution in [0.1, 0.15) is 33.9 Å². The highest BCUT2D eigenvalue weighted by molar-refractivity contribution is 7.10. The number of rotatable bonds is 8. The molecule has 5 heteroatoms. The van der Waals surface area contributed by atoms with E-state index in [9.17, 15) is 9.90 Å². The summed E-state index contributed by atoms with van der Waals surface area (Å²) < 4.78 is 0. The van der Waals surface area contributed by atoms with Crippen molar-refractivity contribution in [3.05, 3.63) is 117 Å². The number of aliphatic hydroxyl groups is 1. The van der Waals surface area contributed by atoms with Crippen molar-refractivity contribution >= 4 is 28.6 Å². The fourth-order valence-electron chi connectivity index (χ4n) is 3.63. The fourth-order valence-corrected chi connectivity index (χ4v) is 5.20. The van der Waals surface area contributed by atoms with Crippen molar-refractivity contribution in [1.82, 2.24) is 5.32 Å². The smallest absolute Gasteiger partial charge is 0.221 e. The monoisotopic (exact) mass is 433 g/mol. The van der Waals surface area contributed by atoms with Crippen molar-refractivity contribution in [2.75, 3.05) is 6.54 Å². The summed E-state index contributed by atoms with van der Waals surface area (Å²) >= 11 is 3.03. The largest absolute Gasteiger partial charge is 0.378 e. The Morgan fingerprint density at radius 3 is 2.10 bits per heavy atom. The molecule has 1 amide bonds. The van der Waals surface area contributed by atoms with Gasteiger partial charge >= 0.3 is 0 Å². The van der Waals surface area contributed by atoms with Gasteiger partial charge in [0.05, 0.1) is 6.54 Å². The van der Waals surface area contributed by atoms with E-state index in [1.54, 1.807) is 0 Å². The zero-order valence-corrected chi connectivity index (χ0v) is 18.0. The maximum atomic E-state index is 13.0. The van der Waals surface area contributed by atoms with Crippen LogP contribution in [-0.2, 0) is 10.4 Å². The lowest BCUT2D eigenvalue weighted by molar-refractivity contribution is -0.122. The van der Waals surface area contributed by atoms with Crippen LogP contribution in [-0.4, -0.2) is 17.6 Å². The summed E-state index contributed by atoms with van der Waals surface area (Å²) in [6, 6.07) is 25.9. The molecular formula is C25H23NO2S2. The van der Waals surface area contributed by atoms with Gasteiger partial charge in [-0.2, -0.15) is 11.3 Å². The van der Waals surface area contributed by atoms with Gasteiger partial charge in [0.1, 0.15) is 5.60 Å². The number of hydrogen-bond donors (Lipinski definition) is 2. The van der Waals surface area contributed by atoms with E-state index >= 15 is 0 Å². The molecule has 0 aliphatic carbocycles. The van der Waals surface area contributed by atoms with Crippen molar-refractivity contribution in [3.8, 4) is 0 Å². The van der Waals surface area contributed by atoms with Crippen molar-refractivity contribution in [1.29, 1.82) is 0 Å². The molecule has 2 aromatic carbocycles. The number of nitrogens with one attached hydrogen (secondary N) is 1. The molecular weight excluding hydrogens is 410 g/mol. The molecule has 4 rings (SSSR count). The number of carbonyl (C=O) groups is 1. The molecule has 0 radical (unpaired) electrons. The van der Waals surface area contributed by atoms with Crippen molar-refractivity contribution in [2.45, 2.75) is 17.9 Å². The van der Waals surface area contributed by atoms with E-state index in [-0.39, 0.29) is 18.4 Å². The number of thiophene rings is 2. The van der Waals surface area contributed by atoms with E-state index in [2.05, 4.69) is 29.6 Å². The van der Waals surface area contributed by atoms with Crippen molar-refractivity contribution in [3.63, 3.8) is 0 Å². The van der Waals surface area contributed by atoms with E-state index in [0.717, 1.165) is 21.6 Å². The van der Waals surface area contributed by atoms with Crippen LogP contribution in [0, 0.1) is 0 Å². The minimum Gasteiger partial charge on any atom is -0.378 e. The lowest BCUT2D eigenvalue weighted by Crippen LogP contribution is -2.41. The predicted molar refractivity (Wildman–Crippen MR) is 124 cm³/mol. The third kappa shape index (κ3) is 4.54. The highest BCUT2D eigenvalue weighted by Crippen LogP contribution is 2.34. The average molecular weight is 434 g/mol. The minimum atomic E-state index is -1.22. The van der Waals surface area contributed by atoms with E-state index in [1.165, 1.54) is 22.7 Å². The van der Waals surface area contributed by atoms with Crippen molar-refractivity contribution < 1.29 is 9.90 Å². The maximum Gasteiger partial charge on any atom is 0.221 e. The molecule has 152 valence electrons.